The molecule has 0 bridgehead atoms. The van der Waals surface area contributed by atoms with Crippen LogP contribution < -0.4 is 5.32 Å². The molecule has 1 rings (SSSR count). The van der Waals surface area contributed by atoms with Gasteiger partial charge in [-0.25, -0.2) is 4.39 Å². The second-order valence-electron chi connectivity index (χ2n) is 5.01. The Morgan fingerprint density at radius 3 is 2.29 bits per heavy atom. The van der Waals surface area contributed by atoms with Crippen LogP contribution in [-0.2, 0) is 4.74 Å². The van der Waals surface area contributed by atoms with Crippen molar-refractivity contribution in [3.63, 3.8) is 0 Å². The molecule has 96 valence electrons. The van der Waals surface area contributed by atoms with Crippen LogP contribution in [0.1, 0.15) is 36.6 Å². The molecule has 1 aromatic rings. The van der Waals surface area contributed by atoms with E-state index in [2.05, 4.69) is 5.32 Å². The number of methoxy groups -OCH3 is 1. The zero-order valence-corrected chi connectivity index (χ0v) is 11.5. The molecule has 0 aliphatic heterocycles. The predicted molar refractivity (Wildman–Crippen MR) is 68.8 cm³/mol. The van der Waals surface area contributed by atoms with Crippen LogP contribution in [-0.4, -0.2) is 19.8 Å². The summed E-state index contributed by atoms with van der Waals surface area (Å²) in [5, 5.41) is 3.15. The number of likely N-dealkylation sites (N-methyl/N-ethyl adjacent to an activating group) is 1. The molecule has 0 saturated carbocycles. The topological polar surface area (TPSA) is 21.3 Å². The smallest absolute Gasteiger partial charge is 0.128 e. The highest BCUT2D eigenvalue weighted by Gasteiger charge is 2.32. The summed E-state index contributed by atoms with van der Waals surface area (Å²) >= 11 is 0. The Kier molecular flexibility index (Phi) is 4.28. The van der Waals surface area contributed by atoms with E-state index in [1.54, 1.807) is 13.2 Å². The minimum atomic E-state index is -0.463. The average molecular weight is 239 g/mol. The zero-order chi connectivity index (χ0) is 13.2. The van der Waals surface area contributed by atoms with Gasteiger partial charge in [-0.2, -0.15) is 0 Å². The van der Waals surface area contributed by atoms with Crippen LogP contribution >= 0.6 is 0 Å². The summed E-state index contributed by atoms with van der Waals surface area (Å²) in [6.07, 6.45) is 0. The normalized spacial score (nSPS) is 13.8. The van der Waals surface area contributed by atoms with Crippen LogP contribution in [0.2, 0.25) is 0 Å². The van der Waals surface area contributed by atoms with Crippen LogP contribution in [0.25, 0.3) is 0 Å². The fourth-order valence-electron chi connectivity index (χ4n) is 2.25. The molecule has 0 aliphatic rings. The molecule has 1 N–H and O–H groups in total. The van der Waals surface area contributed by atoms with Gasteiger partial charge in [-0.1, -0.05) is 6.07 Å². The Morgan fingerprint density at radius 1 is 1.29 bits per heavy atom. The first-order chi connectivity index (χ1) is 7.83. The first-order valence-corrected chi connectivity index (χ1v) is 5.82. The van der Waals surface area contributed by atoms with Crippen molar-refractivity contribution < 1.29 is 9.13 Å². The van der Waals surface area contributed by atoms with Gasteiger partial charge in [-0.3, -0.25) is 0 Å². The van der Waals surface area contributed by atoms with E-state index in [1.165, 1.54) is 0 Å². The Labute approximate surface area is 103 Å². The molecule has 0 aromatic heterocycles. The lowest BCUT2D eigenvalue weighted by Gasteiger charge is -2.34. The molecule has 0 aliphatic carbocycles. The van der Waals surface area contributed by atoms with Crippen molar-refractivity contribution in [1.82, 2.24) is 5.32 Å². The quantitative estimate of drug-likeness (QED) is 0.871. The molecule has 1 aromatic carbocycles. The largest absolute Gasteiger partial charge is 0.377 e. The van der Waals surface area contributed by atoms with Gasteiger partial charge in [0.05, 0.1) is 11.6 Å². The highest BCUT2D eigenvalue weighted by molar-refractivity contribution is 5.35. The second kappa shape index (κ2) is 5.15. The highest BCUT2D eigenvalue weighted by atomic mass is 19.1. The summed E-state index contributed by atoms with van der Waals surface area (Å²) in [7, 11) is 3.47. The lowest BCUT2D eigenvalue weighted by molar-refractivity contribution is -0.0101. The summed E-state index contributed by atoms with van der Waals surface area (Å²) in [4.78, 5) is 0. The number of nitrogens with one attached hydrogen (secondary N) is 1. The van der Waals surface area contributed by atoms with Gasteiger partial charge in [0, 0.05) is 12.7 Å². The molecule has 1 unspecified atom stereocenters. The fourth-order valence-corrected chi connectivity index (χ4v) is 2.25. The molecule has 0 heterocycles. The van der Waals surface area contributed by atoms with Gasteiger partial charge in [-0.15, -0.1) is 0 Å². The number of ether oxygens (including phenoxy) is 1. The van der Waals surface area contributed by atoms with E-state index in [0.717, 1.165) is 11.1 Å². The zero-order valence-electron chi connectivity index (χ0n) is 11.5. The van der Waals surface area contributed by atoms with E-state index in [-0.39, 0.29) is 11.9 Å². The van der Waals surface area contributed by atoms with Crippen molar-refractivity contribution in [2.24, 2.45) is 0 Å². The molecule has 0 radical (unpaired) electrons. The third-order valence-corrected chi connectivity index (χ3v) is 3.28. The van der Waals surface area contributed by atoms with Crippen molar-refractivity contribution >= 4 is 0 Å². The summed E-state index contributed by atoms with van der Waals surface area (Å²) in [6, 6.07) is 3.39. The number of hydrogen-bond acceptors (Lipinski definition) is 2. The average Bonchev–Trinajstić information content (AvgIpc) is 2.22. The van der Waals surface area contributed by atoms with Crippen molar-refractivity contribution in [3.8, 4) is 0 Å². The van der Waals surface area contributed by atoms with Crippen molar-refractivity contribution in [2.75, 3.05) is 14.2 Å². The lowest BCUT2D eigenvalue weighted by Crippen LogP contribution is -2.40. The van der Waals surface area contributed by atoms with E-state index < -0.39 is 5.60 Å². The van der Waals surface area contributed by atoms with Gasteiger partial charge in [0.1, 0.15) is 5.82 Å². The number of benzene rings is 1. The standard InChI is InChI=1S/C14H22FNO/c1-9-7-10(2)12(11(15)8-9)13(16-5)14(3,4)17-6/h7-8,13,16H,1-6H3. The number of halogens is 1. The van der Waals surface area contributed by atoms with Gasteiger partial charge < -0.3 is 10.1 Å². The molecule has 2 nitrogen and oxygen atoms in total. The Balaban J connectivity index is 3.31. The van der Waals surface area contributed by atoms with Gasteiger partial charge in [-0.05, 0) is 51.9 Å². The molecular formula is C14H22FNO. The monoisotopic (exact) mass is 239 g/mol. The molecule has 0 saturated heterocycles. The van der Waals surface area contributed by atoms with Crippen molar-refractivity contribution in [3.05, 3.63) is 34.6 Å². The van der Waals surface area contributed by atoms with E-state index in [0.29, 0.717) is 5.56 Å². The third kappa shape index (κ3) is 2.85. The SMILES string of the molecule is CNC(c1c(C)cc(C)cc1F)C(C)(C)OC. The molecule has 0 amide bonds. The molecule has 17 heavy (non-hydrogen) atoms. The maximum absolute atomic E-state index is 14.1. The van der Waals surface area contributed by atoms with Gasteiger partial charge in [0.25, 0.3) is 0 Å². The lowest BCUT2D eigenvalue weighted by atomic mass is 9.88. The minimum absolute atomic E-state index is 0.173. The first-order valence-electron chi connectivity index (χ1n) is 5.82. The van der Waals surface area contributed by atoms with E-state index >= 15 is 0 Å². The van der Waals surface area contributed by atoms with E-state index in [4.69, 9.17) is 4.74 Å². The van der Waals surface area contributed by atoms with Crippen LogP contribution in [0, 0.1) is 19.7 Å². The number of hydrogen-bond donors (Lipinski definition) is 1. The highest BCUT2D eigenvalue weighted by Crippen LogP contribution is 2.32. The Hall–Kier alpha value is -0.930. The summed E-state index contributed by atoms with van der Waals surface area (Å²) in [5.74, 6) is -0.174. The molecule has 0 fully saturated rings. The van der Waals surface area contributed by atoms with Crippen molar-refractivity contribution in [1.29, 1.82) is 0 Å². The number of rotatable bonds is 4. The number of aryl methyl sites for hydroxylation is 2. The third-order valence-electron chi connectivity index (χ3n) is 3.28. The van der Waals surface area contributed by atoms with Gasteiger partial charge in [0.2, 0.25) is 0 Å². The first kappa shape index (κ1) is 14.1. The van der Waals surface area contributed by atoms with Crippen LogP contribution in [0.4, 0.5) is 4.39 Å². The van der Waals surface area contributed by atoms with Crippen LogP contribution in [0.15, 0.2) is 12.1 Å². The van der Waals surface area contributed by atoms with Crippen molar-refractivity contribution in [2.45, 2.75) is 39.3 Å². The molecular weight excluding hydrogens is 217 g/mol. The van der Waals surface area contributed by atoms with Gasteiger partial charge >= 0.3 is 0 Å². The summed E-state index contributed by atoms with van der Waals surface area (Å²) < 4.78 is 19.6. The fraction of sp³-hybridized carbons (Fsp3) is 0.571. The molecule has 3 heteroatoms. The van der Waals surface area contributed by atoms with E-state index in [1.807, 2.05) is 40.8 Å². The Morgan fingerprint density at radius 2 is 1.88 bits per heavy atom. The predicted octanol–water partition coefficient (Wildman–Crippen LogP) is 3.13. The maximum atomic E-state index is 14.1. The van der Waals surface area contributed by atoms with Crippen LogP contribution in [0.5, 0.6) is 0 Å². The minimum Gasteiger partial charge on any atom is -0.377 e. The van der Waals surface area contributed by atoms with Crippen LogP contribution in [0.3, 0.4) is 0 Å². The molecule has 0 spiro atoms. The summed E-state index contributed by atoms with van der Waals surface area (Å²) in [5.41, 5.74) is 2.11. The summed E-state index contributed by atoms with van der Waals surface area (Å²) in [6.45, 7) is 7.73. The van der Waals surface area contributed by atoms with E-state index in [9.17, 15) is 4.39 Å². The Bertz CT molecular complexity index is 378. The van der Waals surface area contributed by atoms with Gasteiger partial charge in [0.15, 0.2) is 0 Å². The molecule has 1 atom stereocenters. The second-order valence-corrected chi connectivity index (χ2v) is 5.01. The maximum Gasteiger partial charge on any atom is 0.128 e.